The van der Waals surface area contributed by atoms with E-state index in [-0.39, 0.29) is 5.56 Å². The molecule has 0 aliphatic rings. The molecule has 0 bridgehead atoms. The molecule has 0 amide bonds. The quantitative estimate of drug-likeness (QED) is 0.850. The van der Waals surface area contributed by atoms with Crippen LogP contribution in [0.5, 0.6) is 0 Å². The molecule has 0 radical (unpaired) electrons. The van der Waals surface area contributed by atoms with E-state index in [9.17, 15) is 4.79 Å². The number of H-pyrrole nitrogens is 1. The van der Waals surface area contributed by atoms with Crippen molar-refractivity contribution in [3.05, 3.63) is 56.4 Å². The molecule has 0 unspecified atom stereocenters. The lowest BCUT2D eigenvalue weighted by atomic mass is 10.1. The predicted octanol–water partition coefficient (Wildman–Crippen LogP) is 2.68. The van der Waals surface area contributed by atoms with E-state index in [0.717, 1.165) is 11.1 Å². The molecule has 106 valence electrons. The maximum Gasteiger partial charge on any atom is 0.280 e. The molecule has 1 aromatic heterocycles. The van der Waals surface area contributed by atoms with Gasteiger partial charge in [0.2, 0.25) is 0 Å². The molecule has 2 aromatic rings. The Balaban J connectivity index is 2.11. The van der Waals surface area contributed by atoms with Gasteiger partial charge in [0.15, 0.2) is 0 Å². The molecule has 6 heteroatoms. The zero-order valence-electron chi connectivity index (χ0n) is 11.1. The largest absolute Gasteiger partial charge is 0.379 e. The summed E-state index contributed by atoms with van der Waals surface area (Å²) in [5.41, 5.74) is 2.68. The van der Waals surface area contributed by atoms with Crippen molar-refractivity contribution >= 4 is 21.6 Å². The number of halogens is 1. The standard InChI is InChI=1S/C14H16BrN3O2/c1-2-20-9-11-6-4-3-5-10(11)7-16-12-8-17-18-14(19)13(12)15/h3-6,8H,2,7,9H2,1H3,(H2,16,18,19). The van der Waals surface area contributed by atoms with Crippen LogP contribution in [0.2, 0.25) is 0 Å². The third-order valence-electron chi connectivity index (χ3n) is 2.84. The smallest absolute Gasteiger partial charge is 0.280 e. The molecule has 1 aromatic carbocycles. The number of hydrogen-bond donors (Lipinski definition) is 2. The van der Waals surface area contributed by atoms with Crippen LogP contribution in [0.4, 0.5) is 5.69 Å². The lowest BCUT2D eigenvalue weighted by molar-refractivity contribution is 0.133. The van der Waals surface area contributed by atoms with Gasteiger partial charge in [0.05, 0.1) is 18.5 Å². The van der Waals surface area contributed by atoms with E-state index in [4.69, 9.17) is 4.74 Å². The fourth-order valence-corrected chi connectivity index (χ4v) is 2.11. The summed E-state index contributed by atoms with van der Waals surface area (Å²) in [5, 5.41) is 9.34. The Labute approximate surface area is 125 Å². The van der Waals surface area contributed by atoms with Crippen LogP contribution in [0, 0.1) is 0 Å². The molecule has 2 N–H and O–H groups in total. The summed E-state index contributed by atoms with van der Waals surface area (Å²) in [6.45, 7) is 3.85. The molecule has 2 rings (SSSR count). The van der Waals surface area contributed by atoms with Crippen LogP contribution in [-0.2, 0) is 17.9 Å². The van der Waals surface area contributed by atoms with Gasteiger partial charge in [-0.15, -0.1) is 0 Å². The number of anilines is 1. The first-order valence-electron chi connectivity index (χ1n) is 6.34. The van der Waals surface area contributed by atoms with Crippen molar-refractivity contribution in [3.63, 3.8) is 0 Å². The Morgan fingerprint density at radius 2 is 2.10 bits per heavy atom. The number of nitrogens with one attached hydrogen (secondary N) is 2. The molecule has 0 aliphatic carbocycles. The van der Waals surface area contributed by atoms with Crippen LogP contribution in [-0.4, -0.2) is 16.8 Å². The average molecular weight is 338 g/mol. The molecule has 0 fully saturated rings. The number of rotatable bonds is 6. The minimum absolute atomic E-state index is 0.252. The molecular weight excluding hydrogens is 322 g/mol. The van der Waals surface area contributed by atoms with Crippen LogP contribution in [0.25, 0.3) is 0 Å². The minimum atomic E-state index is -0.252. The monoisotopic (exact) mass is 337 g/mol. The minimum Gasteiger partial charge on any atom is -0.379 e. The molecule has 0 spiro atoms. The molecule has 0 atom stereocenters. The van der Waals surface area contributed by atoms with Gasteiger partial charge in [0, 0.05) is 13.2 Å². The molecule has 1 heterocycles. The highest BCUT2D eigenvalue weighted by Crippen LogP contribution is 2.18. The lowest BCUT2D eigenvalue weighted by Gasteiger charge is -2.11. The maximum absolute atomic E-state index is 11.4. The van der Waals surface area contributed by atoms with Crippen LogP contribution >= 0.6 is 15.9 Å². The Kier molecular flexibility index (Phi) is 5.31. The third kappa shape index (κ3) is 3.68. The number of ether oxygens (including phenoxy) is 1. The summed E-state index contributed by atoms with van der Waals surface area (Å²) < 4.78 is 5.90. The summed E-state index contributed by atoms with van der Waals surface area (Å²) >= 11 is 3.24. The molecule has 5 nitrogen and oxygen atoms in total. The molecule has 0 aliphatic heterocycles. The highest BCUT2D eigenvalue weighted by Gasteiger charge is 2.06. The van der Waals surface area contributed by atoms with Crippen molar-refractivity contribution in [2.45, 2.75) is 20.1 Å². The van der Waals surface area contributed by atoms with Crippen molar-refractivity contribution < 1.29 is 4.74 Å². The second-order valence-corrected chi connectivity index (χ2v) is 4.98. The van der Waals surface area contributed by atoms with E-state index in [2.05, 4.69) is 31.4 Å². The van der Waals surface area contributed by atoms with Crippen molar-refractivity contribution in [1.82, 2.24) is 10.2 Å². The Bertz CT molecular complexity index is 628. The fraction of sp³-hybridized carbons (Fsp3) is 0.286. The van der Waals surface area contributed by atoms with Gasteiger partial charge in [-0.25, -0.2) is 5.10 Å². The second kappa shape index (κ2) is 7.21. The Morgan fingerprint density at radius 3 is 2.85 bits per heavy atom. The van der Waals surface area contributed by atoms with Gasteiger partial charge in [0.1, 0.15) is 4.47 Å². The molecule has 0 saturated carbocycles. The van der Waals surface area contributed by atoms with E-state index < -0.39 is 0 Å². The first-order valence-corrected chi connectivity index (χ1v) is 7.13. The fourth-order valence-electron chi connectivity index (χ4n) is 1.78. The van der Waals surface area contributed by atoms with Gasteiger partial charge in [-0.2, -0.15) is 5.10 Å². The number of benzene rings is 1. The summed E-state index contributed by atoms with van der Waals surface area (Å²) in [5.74, 6) is 0. The zero-order valence-corrected chi connectivity index (χ0v) is 12.7. The van der Waals surface area contributed by atoms with Crippen LogP contribution in [0.15, 0.2) is 39.7 Å². The van der Waals surface area contributed by atoms with Gasteiger partial charge in [-0.1, -0.05) is 24.3 Å². The summed E-state index contributed by atoms with van der Waals surface area (Å²) in [6.07, 6.45) is 1.58. The highest BCUT2D eigenvalue weighted by atomic mass is 79.9. The number of nitrogens with zero attached hydrogens (tertiary/aromatic N) is 1. The lowest BCUT2D eigenvalue weighted by Crippen LogP contribution is -2.12. The average Bonchev–Trinajstić information content (AvgIpc) is 2.47. The van der Waals surface area contributed by atoms with Gasteiger partial charge >= 0.3 is 0 Å². The molecular formula is C14H16BrN3O2. The van der Waals surface area contributed by atoms with E-state index in [1.165, 1.54) is 0 Å². The Hall–Kier alpha value is -1.66. The maximum atomic E-state index is 11.4. The first-order chi connectivity index (χ1) is 9.72. The summed E-state index contributed by atoms with van der Waals surface area (Å²) in [7, 11) is 0. The Morgan fingerprint density at radius 1 is 1.35 bits per heavy atom. The van der Waals surface area contributed by atoms with Crippen molar-refractivity contribution in [3.8, 4) is 0 Å². The van der Waals surface area contributed by atoms with E-state index in [1.54, 1.807) is 6.20 Å². The van der Waals surface area contributed by atoms with E-state index >= 15 is 0 Å². The van der Waals surface area contributed by atoms with Gasteiger partial charge in [-0.3, -0.25) is 4.79 Å². The normalized spacial score (nSPS) is 10.5. The summed E-state index contributed by atoms with van der Waals surface area (Å²) in [6, 6.07) is 8.05. The van der Waals surface area contributed by atoms with Gasteiger partial charge < -0.3 is 10.1 Å². The molecule has 20 heavy (non-hydrogen) atoms. The van der Waals surface area contributed by atoms with Gasteiger partial charge in [-0.05, 0) is 34.0 Å². The van der Waals surface area contributed by atoms with E-state index in [0.29, 0.717) is 29.9 Å². The van der Waals surface area contributed by atoms with Crippen molar-refractivity contribution in [2.75, 3.05) is 11.9 Å². The van der Waals surface area contributed by atoms with Crippen molar-refractivity contribution in [2.24, 2.45) is 0 Å². The SMILES string of the molecule is CCOCc1ccccc1CNc1cn[nH]c(=O)c1Br. The van der Waals surface area contributed by atoms with E-state index in [1.807, 2.05) is 31.2 Å². The van der Waals surface area contributed by atoms with Crippen LogP contribution < -0.4 is 10.9 Å². The third-order valence-corrected chi connectivity index (χ3v) is 3.63. The first kappa shape index (κ1) is 14.7. The van der Waals surface area contributed by atoms with Crippen LogP contribution in [0.1, 0.15) is 18.1 Å². The number of aromatic nitrogens is 2. The number of aromatic amines is 1. The number of hydrogen-bond acceptors (Lipinski definition) is 4. The summed E-state index contributed by atoms with van der Waals surface area (Å²) in [4.78, 5) is 11.4. The van der Waals surface area contributed by atoms with Gasteiger partial charge in [0.25, 0.3) is 5.56 Å². The van der Waals surface area contributed by atoms with Crippen molar-refractivity contribution in [1.29, 1.82) is 0 Å². The highest BCUT2D eigenvalue weighted by molar-refractivity contribution is 9.10. The topological polar surface area (TPSA) is 67.0 Å². The zero-order chi connectivity index (χ0) is 14.4. The van der Waals surface area contributed by atoms with Crippen LogP contribution in [0.3, 0.4) is 0 Å². The second-order valence-electron chi connectivity index (χ2n) is 4.19. The molecule has 0 saturated heterocycles. The predicted molar refractivity (Wildman–Crippen MR) is 81.7 cm³/mol.